The number of cyclic esters (lactones) is 1. The third kappa shape index (κ3) is 26.5. The van der Waals surface area contributed by atoms with Crippen LogP contribution in [-0.4, -0.2) is 278 Å². The van der Waals surface area contributed by atoms with Crippen LogP contribution in [-0.2, 0) is 38.1 Å². The molecule has 1 aromatic carbocycles. The van der Waals surface area contributed by atoms with E-state index in [0.29, 0.717) is 51.3 Å². The highest BCUT2D eigenvalue weighted by atomic mass is 16.7. The first-order chi connectivity index (χ1) is 45.7. The van der Waals surface area contributed by atoms with Crippen molar-refractivity contribution in [2.45, 2.75) is 195 Å². The number of carbonyl (C=O) groups is 5. The van der Waals surface area contributed by atoms with Crippen molar-refractivity contribution in [1.82, 2.24) is 24.9 Å². The van der Waals surface area contributed by atoms with Gasteiger partial charge in [0, 0.05) is 115 Å². The highest BCUT2D eigenvalue weighted by Crippen LogP contribution is 2.39. The molecule has 0 spiro atoms. The number of Topliss-reactive ketones (excluding diaryl/α,β-unsaturated/α-hetero) is 2. The van der Waals surface area contributed by atoms with Gasteiger partial charge in [0.25, 0.3) is 0 Å². The number of benzene rings is 1. The van der Waals surface area contributed by atoms with E-state index < -0.39 is 165 Å². The van der Waals surface area contributed by atoms with Crippen LogP contribution in [0.15, 0.2) is 109 Å². The Kier molecular flexibility index (Phi) is 32.9. The van der Waals surface area contributed by atoms with Gasteiger partial charge in [0.05, 0.1) is 86.0 Å². The Morgan fingerprint density at radius 3 is 1.82 bits per heavy atom. The fourth-order valence-corrected chi connectivity index (χ4v) is 12.9. The number of aliphatic hydroxyl groups excluding tert-OH is 9. The number of ether oxygens (including phenoxy) is 4. The molecule has 4 saturated heterocycles. The number of esters is 1. The SMILES string of the molecule is CNc1ccc(C(=O)CC(O)CCC(C)C2OC(=O)CC(O)CC(=O)CC(O)CC(O)CC(O)CC(O)CC3(O)CC(O)C(C(=O)N4CCN(C)CC4)C(CC(O[C@@H]4O[C@H](C)[C@@H](O)[C@H](NC(=O)CN5CCN(C)CC5)[C@@H]4O)/C=C/C=C/C=C/C=C\C=C/C=C/C=C/C2C)O3)cc1. The Balaban J connectivity index is 1.22. The second-order valence-corrected chi connectivity index (χ2v) is 26.8. The first-order valence-electron chi connectivity index (χ1n) is 33.9. The van der Waals surface area contributed by atoms with Crippen LogP contribution >= 0.6 is 0 Å². The van der Waals surface area contributed by atoms with Gasteiger partial charge in [-0.25, -0.2) is 0 Å². The van der Waals surface area contributed by atoms with Crippen molar-refractivity contribution in [3.05, 3.63) is 115 Å². The smallest absolute Gasteiger partial charge is 0.308 e. The molecule has 2 amide bonds. The first-order valence-corrected chi connectivity index (χ1v) is 33.9. The number of nitrogens with one attached hydrogen (secondary N) is 2. The molecule has 25 nitrogen and oxygen atoms in total. The predicted molar refractivity (Wildman–Crippen MR) is 359 cm³/mol. The average molecular weight is 1350 g/mol. The monoisotopic (exact) mass is 1350 g/mol. The van der Waals surface area contributed by atoms with E-state index in [0.717, 1.165) is 18.8 Å². The second kappa shape index (κ2) is 39.8. The maximum absolute atomic E-state index is 14.6. The molecule has 6 rings (SSSR count). The summed E-state index contributed by atoms with van der Waals surface area (Å²) in [5.41, 5.74) is 1.30. The lowest BCUT2D eigenvalue weighted by molar-refractivity contribution is -0.308. The molecule has 1 aromatic rings. The number of amides is 2. The number of aliphatic hydroxyl groups is 10. The van der Waals surface area contributed by atoms with E-state index in [9.17, 15) is 75.0 Å². The number of nitrogens with zero attached hydrogens (tertiary/aromatic N) is 4. The fourth-order valence-electron chi connectivity index (χ4n) is 12.9. The molecule has 96 heavy (non-hydrogen) atoms. The number of ketones is 2. The maximum Gasteiger partial charge on any atom is 0.308 e. The first kappa shape index (κ1) is 79.3. The minimum atomic E-state index is -2.31. The van der Waals surface area contributed by atoms with Gasteiger partial charge in [0.2, 0.25) is 11.8 Å². The van der Waals surface area contributed by atoms with Crippen molar-refractivity contribution in [1.29, 1.82) is 0 Å². The van der Waals surface area contributed by atoms with Crippen LogP contribution in [0.25, 0.3) is 0 Å². The minimum Gasteiger partial charge on any atom is -0.461 e. The number of anilines is 1. The van der Waals surface area contributed by atoms with Gasteiger partial charge in [-0.3, -0.25) is 28.9 Å². The molecule has 12 N–H and O–H groups in total. The van der Waals surface area contributed by atoms with Gasteiger partial charge in [0.15, 0.2) is 17.9 Å². The van der Waals surface area contributed by atoms with Crippen LogP contribution < -0.4 is 10.6 Å². The Morgan fingerprint density at radius 1 is 0.667 bits per heavy atom. The molecule has 0 aliphatic carbocycles. The standard InChI is InChI=1S/C71H108N6O19/c1-46-19-17-15-13-11-9-7-8-10-12-14-16-18-20-58(94-70-67(90)65(66(89)48(3)93-70)73-62(87)45-76-31-27-74(5)28-32-76)42-61-64(69(91)77-33-29-75(6)30-34-77)60(86)44-71(92,96-61)43-57(84)39-55(82)37-53(80)35-52(79)36-54(81)38-56(83)41-63(88)95-68(46)47(2)21-26-51(78)40-59(85)49-22-24-50(72-4)25-23-49/h7-20,22-25,46-48,51-53,55-58,60-61,64-68,70,72,78-80,82-84,86,89-90,92H,21,26-45H2,1-6H3,(H,73,87)/b8-7-,11-9-,12-10+,15-13+,16-14+,19-17+,20-18+/t46?,47?,48-,51?,52?,53?,55?,56?,57?,58?,60?,61?,64?,65+,66-,67+,68?,70+,71?/m1/s1. The molecular formula is C71H108N6O19. The molecule has 25 heteroatoms. The van der Waals surface area contributed by atoms with Crippen molar-refractivity contribution in [2.24, 2.45) is 17.8 Å². The summed E-state index contributed by atoms with van der Waals surface area (Å²) >= 11 is 0. The Hall–Kier alpha value is -5.69. The third-order valence-electron chi connectivity index (χ3n) is 18.4. The summed E-state index contributed by atoms with van der Waals surface area (Å²) in [5.74, 6) is -6.79. The Morgan fingerprint density at radius 2 is 1.22 bits per heavy atom. The van der Waals surface area contributed by atoms with Crippen LogP contribution in [0.3, 0.4) is 0 Å². The van der Waals surface area contributed by atoms with Crippen LogP contribution in [0, 0.1) is 17.8 Å². The highest BCUT2D eigenvalue weighted by molar-refractivity contribution is 5.96. The summed E-state index contributed by atoms with van der Waals surface area (Å²) in [5, 5.41) is 120. The second-order valence-electron chi connectivity index (χ2n) is 26.8. The third-order valence-corrected chi connectivity index (χ3v) is 18.4. The van der Waals surface area contributed by atoms with Crippen molar-refractivity contribution in [3.8, 4) is 0 Å². The van der Waals surface area contributed by atoms with Crippen molar-refractivity contribution in [3.63, 3.8) is 0 Å². The Labute approximate surface area is 565 Å². The molecule has 2 bridgehead atoms. The minimum absolute atomic E-state index is 0.0306. The molecular weight excluding hydrogens is 1240 g/mol. The van der Waals surface area contributed by atoms with Gasteiger partial charge in [-0.05, 0) is 83.3 Å². The van der Waals surface area contributed by atoms with Gasteiger partial charge < -0.3 is 95.3 Å². The quantitative estimate of drug-likeness (QED) is 0.0934. The molecule has 0 aromatic heterocycles. The summed E-state index contributed by atoms with van der Waals surface area (Å²) in [4.78, 5) is 75.4. The lowest BCUT2D eigenvalue weighted by Crippen LogP contribution is -2.65. The number of hydrogen-bond acceptors (Lipinski definition) is 23. The average Bonchev–Trinajstić information content (AvgIpc) is 0.797. The largest absolute Gasteiger partial charge is 0.461 e. The molecule has 4 fully saturated rings. The lowest BCUT2D eigenvalue weighted by Gasteiger charge is -2.47. The normalized spacial score (nSPS) is 36.2. The maximum atomic E-state index is 14.6. The molecule has 0 radical (unpaired) electrons. The van der Waals surface area contributed by atoms with Gasteiger partial charge in [0.1, 0.15) is 24.1 Å². The molecule has 5 aliphatic rings. The van der Waals surface area contributed by atoms with E-state index in [-0.39, 0.29) is 56.3 Å². The molecule has 0 saturated carbocycles. The van der Waals surface area contributed by atoms with Gasteiger partial charge in [-0.15, -0.1) is 0 Å². The van der Waals surface area contributed by atoms with Crippen molar-refractivity contribution < 1.29 is 94.0 Å². The van der Waals surface area contributed by atoms with E-state index in [1.807, 2.05) is 38.9 Å². The number of fused-ring (bicyclic) bond motifs is 2. The fraction of sp³-hybridized carbons (Fsp3) is 0.648. The van der Waals surface area contributed by atoms with Crippen molar-refractivity contribution in [2.75, 3.05) is 85.4 Å². The zero-order chi connectivity index (χ0) is 70.1. The van der Waals surface area contributed by atoms with Gasteiger partial charge >= 0.3 is 5.97 Å². The summed E-state index contributed by atoms with van der Waals surface area (Å²) in [6.45, 7) is 9.93. The van der Waals surface area contributed by atoms with Crippen LogP contribution in [0.4, 0.5) is 5.69 Å². The number of carbonyl (C=O) groups excluding carboxylic acids is 5. The molecule has 5 heterocycles. The molecule has 5 aliphatic heterocycles. The van der Waals surface area contributed by atoms with Crippen LogP contribution in [0.5, 0.6) is 0 Å². The van der Waals surface area contributed by atoms with E-state index >= 15 is 0 Å². The van der Waals surface area contributed by atoms with Gasteiger partial charge in [-0.1, -0.05) is 98.9 Å². The number of hydrogen-bond donors (Lipinski definition) is 12. The van der Waals surface area contributed by atoms with Crippen LogP contribution in [0.2, 0.25) is 0 Å². The summed E-state index contributed by atoms with van der Waals surface area (Å²) in [6, 6.07) is 5.70. The van der Waals surface area contributed by atoms with E-state index in [1.54, 1.807) is 122 Å². The summed E-state index contributed by atoms with van der Waals surface area (Å²) in [7, 11) is 5.69. The lowest BCUT2D eigenvalue weighted by atomic mass is 9.81. The Bertz CT molecular complexity index is 2800. The zero-order valence-electron chi connectivity index (χ0n) is 56.6. The highest BCUT2D eigenvalue weighted by Gasteiger charge is 2.52. The summed E-state index contributed by atoms with van der Waals surface area (Å²) < 4.78 is 25.0. The zero-order valence-corrected chi connectivity index (χ0v) is 56.6. The van der Waals surface area contributed by atoms with Crippen molar-refractivity contribution >= 4 is 35.0 Å². The van der Waals surface area contributed by atoms with Crippen LogP contribution in [0.1, 0.15) is 108 Å². The van der Waals surface area contributed by atoms with E-state index in [1.165, 1.54) is 0 Å². The number of allylic oxidation sites excluding steroid dienone is 12. The molecule has 14 unspecified atom stereocenters. The number of rotatable bonds is 14. The number of piperazine rings is 2. The number of likely N-dealkylation sites (N-methyl/N-ethyl adjacent to an activating group) is 2. The van der Waals surface area contributed by atoms with Gasteiger partial charge in [-0.2, -0.15) is 0 Å². The molecule has 19 atom stereocenters. The molecule has 536 valence electrons. The summed E-state index contributed by atoms with van der Waals surface area (Å²) in [6.07, 6.45) is 2.65. The van der Waals surface area contributed by atoms with E-state index in [4.69, 9.17) is 18.9 Å². The topological polar surface area (TPSA) is 362 Å². The van der Waals surface area contributed by atoms with E-state index in [2.05, 4.69) is 20.4 Å². The predicted octanol–water partition coefficient (Wildman–Crippen LogP) is 1.84.